The molecular weight excluding hydrogens is 456 g/mol. The van der Waals surface area contributed by atoms with Crippen molar-refractivity contribution in [2.75, 3.05) is 38.2 Å². The van der Waals surface area contributed by atoms with Crippen LogP contribution < -0.4 is 5.32 Å². The molecule has 1 saturated heterocycles. The second kappa shape index (κ2) is 10.3. The van der Waals surface area contributed by atoms with E-state index in [9.17, 15) is 8.42 Å². The van der Waals surface area contributed by atoms with Gasteiger partial charge in [-0.3, -0.25) is 0 Å². The minimum Gasteiger partial charge on any atom is -0.316 e. The van der Waals surface area contributed by atoms with Gasteiger partial charge in [-0.05, 0) is 61.8 Å². The van der Waals surface area contributed by atoms with Crippen LogP contribution in [-0.4, -0.2) is 61.1 Å². The number of hydrogen-bond donors (Lipinski definition) is 1. The third-order valence-corrected chi connectivity index (χ3v) is 8.37. The first-order valence-electron chi connectivity index (χ1n) is 12.3. The second-order valence-corrected chi connectivity index (χ2v) is 11.6. The molecular formula is C28H32N4O2S. The number of aryl methyl sites for hydroxylation is 1. The summed E-state index contributed by atoms with van der Waals surface area (Å²) in [4.78, 5) is 7.37. The summed E-state index contributed by atoms with van der Waals surface area (Å²) >= 11 is 0. The molecule has 0 amide bonds. The molecule has 3 heterocycles. The molecule has 2 aromatic carbocycles. The highest BCUT2D eigenvalue weighted by molar-refractivity contribution is 7.91. The minimum atomic E-state index is -2.84. The average molecular weight is 489 g/mol. The van der Waals surface area contributed by atoms with E-state index in [2.05, 4.69) is 81.6 Å². The molecule has 0 saturated carbocycles. The lowest BCUT2D eigenvalue weighted by Gasteiger charge is -2.26. The Bertz CT molecular complexity index is 1380. The van der Waals surface area contributed by atoms with Crippen LogP contribution in [0.5, 0.6) is 0 Å². The van der Waals surface area contributed by atoms with Gasteiger partial charge in [-0.15, -0.1) is 0 Å². The van der Waals surface area contributed by atoms with Crippen LogP contribution in [0.25, 0.3) is 28.0 Å². The Labute approximate surface area is 207 Å². The van der Waals surface area contributed by atoms with E-state index in [1.807, 2.05) is 13.1 Å². The molecule has 0 bridgehead atoms. The van der Waals surface area contributed by atoms with Gasteiger partial charge in [0.2, 0.25) is 0 Å². The first-order chi connectivity index (χ1) is 17.0. The maximum atomic E-state index is 11.7. The van der Waals surface area contributed by atoms with Gasteiger partial charge in [0.25, 0.3) is 0 Å². The van der Waals surface area contributed by atoms with Crippen molar-refractivity contribution in [1.29, 1.82) is 0 Å². The quantitative estimate of drug-likeness (QED) is 0.405. The van der Waals surface area contributed by atoms with E-state index in [1.54, 1.807) is 0 Å². The lowest BCUT2D eigenvalue weighted by molar-refractivity contribution is 0.292. The summed E-state index contributed by atoms with van der Waals surface area (Å²) in [6, 6.07) is 23.2. The number of sulfone groups is 1. The molecule has 1 N–H and O–H groups in total. The minimum absolute atomic E-state index is 0.281. The number of rotatable bonds is 8. The molecule has 5 rings (SSSR count). The number of nitrogens with one attached hydrogen (secondary N) is 1. The largest absolute Gasteiger partial charge is 0.316 e. The fraction of sp³-hybridized carbons (Fsp3) is 0.321. The van der Waals surface area contributed by atoms with Crippen LogP contribution in [0.4, 0.5) is 0 Å². The van der Waals surface area contributed by atoms with Crippen LogP contribution in [0.1, 0.15) is 17.5 Å². The summed E-state index contributed by atoms with van der Waals surface area (Å²) in [7, 11) is -0.884. The van der Waals surface area contributed by atoms with Crippen molar-refractivity contribution in [3.8, 4) is 16.9 Å². The van der Waals surface area contributed by atoms with Crippen LogP contribution in [0.2, 0.25) is 0 Å². The van der Waals surface area contributed by atoms with Gasteiger partial charge in [0.1, 0.15) is 5.65 Å². The molecule has 4 aromatic rings. The van der Waals surface area contributed by atoms with E-state index in [4.69, 9.17) is 4.98 Å². The second-order valence-electron chi connectivity index (χ2n) is 9.25. The van der Waals surface area contributed by atoms with Crippen molar-refractivity contribution in [1.82, 2.24) is 19.8 Å². The van der Waals surface area contributed by atoms with Gasteiger partial charge >= 0.3 is 0 Å². The van der Waals surface area contributed by atoms with E-state index >= 15 is 0 Å². The van der Waals surface area contributed by atoms with E-state index in [0.717, 1.165) is 48.5 Å². The van der Waals surface area contributed by atoms with E-state index in [-0.39, 0.29) is 11.5 Å². The summed E-state index contributed by atoms with van der Waals surface area (Å²) < 4.78 is 25.6. The maximum Gasteiger partial charge on any atom is 0.152 e. The van der Waals surface area contributed by atoms with Crippen LogP contribution >= 0.6 is 0 Å². The zero-order chi connectivity index (χ0) is 24.3. The predicted octanol–water partition coefficient (Wildman–Crippen LogP) is 4.07. The molecule has 7 heteroatoms. The van der Waals surface area contributed by atoms with Gasteiger partial charge in [-0.25, -0.2) is 13.4 Å². The Morgan fingerprint density at radius 3 is 2.40 bits per heavy atom. The fourth-order valence-electron chi connectivity index (χ4n) is 4.78. The monoisotopic (exact) mass is 488 g/mol. The lowest BCUT2D eigenvalue weighted by Crippen LogP contribution is -2.40. The SMILES string of the molecule is CNCc1ccc(-c2ccc3c(CCCN4CCS(=O)(=O)CC4)cn(-c4ccccc4)c3n2)cc1. The molecule has 6 nitrogen and oxygen atoms in total. The fourth-order valence-corrected chi connectivity index (χ4v) is 6.06. The Kier molecular flexibility index (Phi) is 7.00. The smallest absolute Gasteiger partial charge is 0.152 e. The van der Waals surface area contributed by atoms with Crippen molar-refractivity contribution in [3.63, 3.8) is 0 Å². The number of aromatic nitrogens is 2. The molecule has 2 aromatic heterocycles. The van der Waals surface area contributed by atoms with E-state index < -0.39 is 9.84 Å². The molecule has 0 unspecified atom stereocenters. The van der Waals surface area contributed by atoms with E-state index in [0.29, 0.717) is 13.1 Å². The van der Waals surface area contributed by atoms with Crippen LogP contribution in [0, 0.1) is 0 Å². The van der Waals surface area contributed by atoms with Crippen molar-refractivity contribution in [2.24, 2.45) is 0 Å². The highest BCUT2D eigenvalue weighted by atomic mass is 32.2. The highest BCUT2D eigenvalue weighted by Crippen LogP contribution is 2.28. The zero-order valence-corrected chi connectivity index (χ0v) is 21.0. The molecule has 0 aliphatic carbocycles. The number of nitrogens with zero attached hydrogens (tertiary/aromatic N) is 3. The van der Waals surface area contributed by atoms with Gasteiger partial charge in [0.15, 0.2) is 9.84 Å². The first kappa shape index (κ1) is 23.7. The third kappa shape index (κ3) is 5.48. The highest BCUT2D eigenvalue weighted by Gasteiger charge is 2.21. The van der Waals surface area contributed by atoms with Crippen molar-refractivity contribution in [2.45, 2.75) is 19.4 Å². The van der Waals surface area contributed by atoms with Crippen LogP contribution in [0.3, 0.4) is 0 Å². The topological polar surface area (TPSA) is 67.2 Å². The number of fused-ring (bicyclic) bond motifs is 1. The molecule has 0 atom stereocenters. The standard InChI is InChI=1S/C28H32N4O2S/c1-29-20-22-9-11-23(12-10-22)27-14-13-26-24(6-5-15-31-16-18-35(33,34)19-17-31)21-32(28(26)30-27)25-7-3-2-4-8-25/h2-4,7-14,21,29H,5-6,15-20H2,1H3. The average Bonchev–Trinajstić information content (AvgIpc) is 3.24. The Morgan fingerprint density at radius 1 is 0.943 bits per heavy atom. The Morgan fingerprint density at radius 2 is 1.69 bits per heavy atom. The summed E-state index contributed by atoms with van der Waals surface area (Å²) in [5.74, 6) is 0.561. The van der Waals surface area contributed by atoms with Gasteiger partial charge in [-0.1, -0.05) is 42.5 Å². The van der Waals surface area contributed by atoms with Crippen LogP contribution in [-0.2, 0) is 22.8 Å². The van der Waals surface area contributed by atoms with Gasteiger partial charge in [0, 0.05) is 42.5 Å². The number of pyridine rings is 1. The normalized spacial score (nSPS) is 16.0. The lowest BCUT2D eigenvalue weighted by atomic mass is 10.1. The van der Waals surface area contributed by atoms with Crippen molar-refractivity contribution < 1.29 is 8.42 Å². The van der Waals surface area contributed by atoms with Crippen molar-refractivity contribution >= 4 is 20.9 Å². The Hall–Kier alpha value is -3.00. The maximum absolute atomic E-state index is 11.7. The third-order valence-electron chi connectivity index (χ3n) is 6.76. The predicted molar refractivity (Wildman–Crippen MR) is 143 cm³/mol. The van der Waals surface area contributed by atoms with Crippen LogP contribution in [0.15, 0.2) is 72.9 Å². The molecule has 1 aliphatic heterocycles. The molecule has 0 spiro atoms. The summed E-state index contributed by atoms with van der Waals surface area (Å²) in [6.45, 7) is 3.05. The zero-order valence-electron chi connectivity index (χ0n) is 20.2. The summed E-state index contributed by atoms with van der Waals surface area (Å²) in [5, 5.41) is 4.36. The van der Waals surface area contributed by atoms with Gasteiger partial charge < -0.3 is 14.8 Å². The summed E-state index contributed by atoms with van der Waals surface area (Å²) in [6.07, 6.45) is 4.13. The first-order valence-corrected chi connectivity index (χ1v) is 14.1. The molecule has 1 fully saturated rings. The number of hydrogen-bond acceptors (Lipinski definition) is 5. The van der Waals surface area contributed by atoms with E-state index in [1.165, 1.54) is 16.5 Å². The molecule has 1 aliphatic rings. The van der Waals surface area contributed by atoms with Crippen molar-refractivity contribution in [3.05, 3.63) is 84.1 Å². The molecule has 0 radical (unpaired) electrons. The van der Waals surface area contributed by atoms with Gasteiger partial charge in [-0.2, -0.15) is 0 Å². The molecule has 35 heavy (non-hydrogen) atoms. The molecule has 182 valence electrons. The Balaban J connectivity index is 1.41. The number of para-hydroxylation sites is 1. The van der Waals surface area contributed by atoms with Gasteiger partial charge in [0.05, 0.1) is 17.2 Å². The summed E-state index contributed by atoms with van der Waals surface area (Å²) in [5.41, 5.74) is 6.65. The number of benzene rings is 2.